The van der Waals surface area contributed by atoms with E-state index in [1.807, 2.05) is 6.08 Å². The van der Waals surface area contributed by atoms with Crippen LogP contribution in [0.3, 0.4) is 0 Å². The molecule has 0 fully saturated rings. The molecule has 2 nitrogen and oxygen atoms in total. The lowest BCUT2D eigenvalue weighted by Crippen LogP contribution is -1.99. The second-order valence-electron chi connectivity index (χ2n) is 1.20. The third-order valence-corrected chi connectivity index (χ3v) is 0.766. The summed E-state index contributed by atoms with van der Waals surface area (Å²) < 4.78 is 0. The van der Waals surface area contributed by atoms with Crippen LogP contribution >= 0.6 is 0 Å². The van der Waals surface area contributed by atoms with E-state index in [0.29, 0.717) is 0 Å². The smallest absolute Gasteiger partial charge is 0.295 e. The lowest BCUT2D eigenvalue weighted by molar-refractivity contribution is -0.00666. The molecule has 0 bridgehead atoms. The molecule has 0 atom stereocenters. The Morgan fingerprint density at radius 1 is 1.83 bits per heavy atom. The van der Waals surface area contributed by atoms with Gasteiger partial charge in [-0.25, -0.2) is 0 Å². The Kier molecular flexibility index (Phi) is 0.592. The molecule has 0 aromatic heterocycles. The first-order chi connectivity index (χ1) is 2.93. The predicted octanol–water partition coefficient (Wildman–Crippen LogP) is 0.617. The van der Waals surface area contributed by atoms with Crippen molar-refractivity contribution in [3.8, 4) is 0 Å². The minimum atomic E-state index is 0.773. The van der Waals surface area contributed by atoms with E-state index < -0.39 is 0 Å². The number of allylic oxidation sites excluding steroid dienone is 2. The summed E-state index contributed by atoms with van der Waals surface area (Å²) in [4.78, 5) is 2.92. The van der Waals surface area contributed by atoms with Crippen molar-refractivity contribution in [1.82, 2.24) is 0 Å². The van der Waals surface area contributed by atoms with Gasteiger partial charge in [0.25, 0.3) is 5.71 Å². The summed E-state index contributed by atoms with van der Waals surface area (Å²) >= 11 is 0. The van der Waals surface area contributed by atoms with Crippen molar-refractivity contribution in [3.05, 3.63) is 17.7 Å². The molecule has 2 heteroatoms. The second-order valence-corrected chi connectivity index (χ2v) is 1.20. The summed E-state index contributed by atoms with van der Waals surface area (Å²) in [5.41, 5.74) is 8.70. The van der Waals surface area contributed by atoms with Crippen LogP contribution in [0.15, 0.2) is 12.2 Å². The fourth-order valence-electron chi connectivity index (χ4n) is 0.297. The molecule has 0 aromatic carbocycles. The highest BCUT2D eigenvalue weighted by Crippen LogP contribution is 1.97. The van der Waals surface area contributed by atoms with Crippen molar-refractivity contribution in [1.29, 1.82) is 0 Å². The highest BCUT2D eigenvalue weighted by Gasteiger charge is 2.06. The van der Waals surface area contributed by atoms with Gasteiger partial charge in [-0.05, 0) is 0 Å². The van der Waals surface area contributed by atoms with Crippen molar-refractivity contribution in [3.63, 3.8) is 0 Å². The van der Waals surface area contributed by atoms with Crippen molar-refractivity contribution >= 4 is 5.71 Å². The van der Waals surface area contributed by atoms with Crippen LogP contribution in [0, 0.1) is 0 Å². The number of nitrogens with zero attached hydrogens (tertiary/aromatic N) is 2. The van der Waals surface area contributed by atoms with Gasteiger partial charge in [-0.1, -0.05) is 6.08 Å². The number of hydrogen-bond acceptors (Lipinski definition) is 0. The van der Waals surface area contributed by atoms with E-state index in [-0.39, 0.29) is 0 Å². The van der Waals surface area contributed by atoms with E-state index in [1.54, 1.807) is 6.08 Å². The van der Waals surface area contributed by atoms with Crippen molar-refractivity contribution < 1.29 is 4.79 Å². The van der Waals surface area contributed by atoms with Crippen molar-refractivity contribution in [2.75, 3.05) is 0 Å². The van der Waals surface area contributed by atoms with Gasteiger partial charge in [0, 0.05) is 6.08 Å². The molecule has 0 aromatic rings. The molecule has 1 rings (SSSR count). The summed E-state index contributed by atoms with van der Waals surface area (Å²) in [7, 11) is 0. The maximum Gasteiger partial charge on any atom is 0.295 e. The van der Waals surface area contributed by atoms with Crippen LogP contribution in [-0.2, 0) is 0 Å². The van der Waals surface area contributed by atoms with E-state index in [0.717, 1.165) is 12.1 Å². The fourth-order valence-corrected chi connectivity index (χ4v) is 0.297. The fraction of sp³-hybridized carbons (Fsp3) is 0.250. The first-order valence-corrected chi connectivity index (χ1v) is 1.81. The third kappa shape index (κ3) is 0.277. The summed E-state index contributed by atoms with van der Waals surface area (Å²) in [6.45, 7) is 0. The summed E-state index contributed by atoms with van der Waals surface area (Å²) in [5, 5.41) is 0. The molecule has 0 saturated heterocycles. The topological polar surface area (TPSA) is 36.4 Å². The first kappa shape index (κ1) is 3.32. The van der Waals surface area contributed by atoms with E-state index in [2.05, 4.69) is 4.79 Å². The molecule has 6 heavy (non-hydrogen) atoms. The van der Waals surface area contributed by atoms with E-state index in [1.165, 1.54) is 0 Å². The summed E-state index contributed by atoms with van der Waals surface area (Å²) in [5.74, 6) is 0. The monoisotopic (exact) mass is 80.0 g/mol. The van der Waals surface area contributed by atoms with Crippen LogP contribution in [0.2, 0.25) is 0 Å². The average Bonchev–Trinajstić information content (AvgIpc) is 1.31. The molecule has 1 aliphatic rings. The van der Waals surface area contributed by atoms with Gasteiger partial charge in [-0.15, -0.1) is 0 Å². The van der Waals surface area contributed by atoms with Gasteiger partial charge in [0.15, 0.2) is 0 Å². The Bertz CT molecular complexity index is 128. The maximum absolute atomic E-state index is 7.92. The molecule has 0 aliphatic heterocycles. The van der Waals surface area contributed by atoms with Crippen LogP contribution in [0.1, 0.15) is 6.42 Å². The quantitative estimate of drug-likeness (QED) is 0.302. The largest absolute Gasteiger partial charge is 0.361 e. The van der Waals surface area contributed by atoms with Crippen molar-refractivity contribution in [2.24, 2.45) is 0 Å². The maximum atomic E-state index is 7.92. The molecule has 0 amide bonds. The van der Waals surface area contributed by atoms with Gasteiger partial charge in [0.1, 0.15) is 0 Å². The van der Waals surface area contributed by atoms with E-state index in [9.17, 15) is 0 Å². The summed E-state index contributed by atoms with van der Waals surface area (Å²) in [6.07, 6.45) is 4.55. The second kappa shape index (κ2) is 1.07. The van der Waals surface area contributed by atoms with E-state index >= 15 is 0 Å². The Hall–Kier alpha value is -0.880. The normalized spacial score (nSPS) is 16.3. The van der Waals surface area contributed by atoms with Gasteiger partial charge < -0.3 is 5.53 Å². The molecule has 1 aliphatic carbocycles. The average molecular weight is 80.1 g/mol. The Labute approximate surface area is 35.7 Å². The van der Waals surface area contributed by atoms with Crippen LogP contribution in [-0.4, -0.2) is 10.5 Å². The highest BCUT2D eigenvalue weighted by molar-refractivity contribution is 5.97. The van der Waals surface area contributed by atoms with Gasteiger partial charge in [-0.2, -0.15) is 4.79 Å². The van der Waals surface area contributed by atoms with Crippen LogP contribution in [0.5, 0.6) is 0 Å². The Morgan fingerprint density at radius 2 is 2.50 bits per heavy atom. The minimum Gasteiger partial charge on any atom is -0.361 e. The van der Waals surface area contributed by atoms with Gasteiger partial charge >= 0.3 is 0 Å². The van der Waals surface area contributed by atoms with Crippen LogP contribution < -0.4 is 0 Å². The standard InChI is InChI=1S/C4H4N2/c5-6-4-2-1-3-4/h1-2H,3H2. The van der Waals surface area contributed by atoms with Gasteiger partial charge in [-0.3, -0.25) is 0 Å². The van der Waals surface area contributed by atoms with Crippen molar-refractivity contribution in [2.45, 2.75) is 6.42 Å². The highest BCUT2D eigenvalue weighted by atomic mass is 14.9. The minimum absolute atomic E-state index is 0.773. The molecule has 0 N–H and O–H groups in total. The molecule has 30 valence electrons. The number of hydrogen-bond donors (Lipinski definition) is 0. The molecule has 0 saturated carbocycles. The SMILES string of the molecule is [N-]=[N+]=C1C=CC1. The lowest BCUT2D eigenvalue weighted by atomic mass is 10.1. The number of rotatable bonds is 0. The predicted molar refractivity (Wildman–Crippen MR) is 22.4 cm³/mol. The molecule has 0 heterocycles. The summed E-state index contributed by atoms with van der Waals surface area (Å²) in [6, 6.07) is 0. The van der Waals surface area contributed by atoms with E-state index in [4.69, 9.17) is 5.53 Å². The zero-order chi connectivity index (χ0) is 4.41. The van der Waals surface area contributed by atoms with Crippen LogP contribution in [0.25, 0.3) is 5.53 Å². The molecular weight excluding hydrogens is 76.1 g/mol. The molecule has 0 radical (unpaired) electrons. The third-order valence-electron chi connectivity index (χ3n) is 0.766. The molecule has 0 spiro atoms. The zero-order valence-corrected chi connectivity index (χ0v) is 3.26. The zero-order valence-electron chi connectivity index (χ0n) is 3.26. The Balaban J connectivity index is 2.86. The Morgan fingerprint density at radius 3 is 2.50 bits per heavy atom. The first-order valence-electron chi connectivity index (χ1n) is 1.81. The van der Waals surface area contributed by atoms with Gasteiger partial charge in [0.2, 0.25) is 0 Å². The van der Waals surface area contributed by atoms with Crippen LogP contribution in [0.4, 0.5) is 0 Å². The molecule has 0 unspecified atom stereocenters. The van der Waals surface area contributed by atoms with Gasteiger partial charge in [0.05, 0.1) is 6.42 Å². The molecular formula is C4H4N2. The lowest BCUT2D eigenvalue weighted by Gasteiger charge is -1.87.